The van der Waals surface area contributed by atoms with E-state index < -0.39 is 6.10 Å². The molecule has 1 N–H and O–H groups in total. The second-order valence-corrected chi connectivity index (χ2v) is 9.31. The van der Waals surface area contributed by atoms with Gasteiger partial charge in [0.25, 0.3) is 0 Å². The highest BCUT2D eigenvalue weighted by Gasteiger charge is 2.26. The fourth-order valence-corrected chi connectivity index (χ4v) is 3.50. The first-order valence-corrected chi connectivity index (χ1v) is 10.8. The minimum absolute atomic E-state index is 0.137. The average Bonchev–Trinajstić information content (AvgIpc) is 3.16. The van der Waals surface area contributed by atoms with Crippen LogP contribution in [0.3, 0.4) is 0 Å². The lowest BCUT2D eigenvalue weighted by Crippen LogP contribution is -2.40. The number of aliphatic hydroxyl groups excluding tert-OH is 1. The van der Waals surface area contributed by atoms with Crippen LogP contribution in [0.15, 0.2) is 53.7 Å². The molecular weight excluding hydrogens is 419 g/mol. The first kappa shape index (κ1) is 23.7. The van der Waals surface area contributed by atoms with Crippen molar-refractivity contribution in [2.45, 2.75) is 51.5 Å². The summed E-state index contributed by atoms with van der Waals surface area (Å²) in [6.45, 7) is 7.65. The number of hydrogen-bond donors (Lipinski definition) is 1. The summed E-state index contributed by atoms with van der Waals surface area (Å²) in [5, 5.41) is 15.5. The fraction of sp³-hybridized carbons (Fsp3) is 0.458. The van der Waals surface area contributed by atoms with Crippen LogP contribution in [0.2, 0.25) is 5.02 Å². The van der Waals surface area contributed by atoms with E-state index in [1.54, 1.807) is 12.1 Å². The van der Waals surface area contributed by atoms with Crippen molar-refractivity contribution in [2.24, 2.45) is 5.16 Å². The third-order valence-electron chi connectivity index (χ3n) is 4.87. The zero-order valence-corrected chi connectivity index (χ0v) is 19.0. The quantitative estimate of drug-likeness (QED) is 0.606. The summed E-state index contributed by atoms with van der Waals surface area (Å²) >= 11 is 5.97. The molecular formula is C24H30ClFN2O3. The van der Waals surface area contributed by atoms with E-state index in [0.29, 0.717) is 31.1 Å². The lowest BCUT2D eigenvalue weighted by molar-refractivity contribution is -0.0600. The summed E-state index contributed by atoms with van der Waals surface area (Å²) in [6.07, 6.45) is -0.129. The van der Waals surface area contributed by atoms with Gasteiger partial charge in [-0.2, -0.15) is 0 Å². The molecule has 2 atom stereocenters. The summed E-state index contributed by atoms with van der Waals surface area (Å²) in [5.41, 5.74) is 2.50. The topological polar surface area (TPSA) is 54.3 Å². The Labute approximate surface area is 188 Å². The molecule has 3 rings (SSSR count). The van der Waals surface area contributed by atoms with Gasteiger partial charge in [0.2, 0.25) is 0 Å². The van der Waals surface area contributed by atoms with Gasteiger partial charge in [0.1, 0.15) is 11.9 Å². The first-order valence-electron chi connectivity index (χ1n) is 10.5. The minimum Gasteiger partial charge on any atom is -0.390 e. The Hall–Kier alpha value is -1.99. The lowest BCUT2D eigenvalue weighted by Gasteiger charge is -2.28. The van der Waals surface area contributed by atoms with Gasteiger partial charge in [0.15, 0.2) is 0 Å². The van der Waals surface area contributed by atoms with Gasteiger partial charge in [-0.1, -0.05) is 41.0 Å². The average molecular weight is 449 g/mol. The molecule has 31 heavy (non-hydrogen) atoms. The highest BCUT2D eigenvalue weighted by atomic mass is 35.5. The predicted molar refractivity (Wildman–Crippen MR) is 121 cm³/mol. The largest absolute Gasteiger partial charge is 0.390 e. The Morgan fingerprint density at radius 1 is 1.19 bits per heavy atom. The van der Waals surface area contributed by atoms with Crippen LogP contribution in [0.5, 0.6) is 0 Å². The standard InChI is InChI=1S/C24H30ClFN2O3/c1-24(2,3)30-16-21(29)14-28(13-17-4-10-20(26)11-5-17)15-22-12-23(27-31-22)18-6-8-19(25)9-7-18/h4-11,21-22,29H,12-16H2,1-3H3. The van der Waals surface area contributed by atoms with Gasteiger partial charge in [-0.15, -0.1) is 0 Å². The van der Waals surface area contributed by atoms with Crippen LogP contribution in [0, 0.1) is 5.82 Å². The zero-order valence-electron chi connectivity index (χ0n) is 18.2. The molecule has 2 unspecified atom stereocenters. The van der Waals surface area contributed by atoms with E-state index in [0.717, 1.165) is 16.8 Å². The van der Waals surface area contributed by atoms with Crippen LogP contribution in [-0.2, 0) is 16.1 Å². The predicted octanol–water partition coefficient (Wildman–Crippen LogP) is 4.65. The second-order valence-electron chi connectivity index (χ2n) is 8.87. The van der Waals surface area contributed by atoms with Gasteiger partial charge in [0, 0.05) is 31.1 Å². The molecule has 0 saturated carbocycles. The van der Waals surface area contributed by atoms with E-state index in [2.05, 4.69) is 10.1 Å². The van der Waals surface area contributed by atoms with E-state index in [9.17, 15) is 9.50 Å². The maximum atomic E-state index is 13.3. The molecule has 5 nitrogen and oxygen atoms in total. The van der Waals surface area contributed by atoms with Crippen molar-refractivity contribution in [3.8, 4) is 0 Å². The highest BCUT2D eigenvalue weighted by molar-refractivity contribution is 6.30. The Morgan fingerprint density at radius 3 is 2.52 bits per heavy atom. The van der Waals surface area contributed by atoms with E-state index in [4.69, 9.17) is 21.2 Å². The van der Waals surface area contributed by atoms with Crippen LogP contribution >= 0.6 is 11.6 Å². The Balaban J connectivity index is 1.62. The van der Waals surface area contributed by atoms with E-state index >= 15 is 0 Å². The molecule has 2 aromatic rings. The summed E-state index contributed by atoms with van der Waals surface area (Å²) in [6, 6.07) is 13.9. The lowest BCUT2D eigenvalue weighted by atomic mass is 10.0. The molecule has 2 aromatic carbocycles. The highest BCUT2D eigenvalue weighted by Crippen LogP contribution is 2.20. The van der Waals surface area contributed by atoms with Gasteiger partial charge >= 0.3 is 0 Å². The molecule has 0 fully saturated rings. The fourth-order valence-electron chi connectivity index (χ4n) is 3.38. The normalized spacial score (nSPS) is 17.5. The molecule has 0 bridgehead atoms. The van der Waals surface area contributed by atoms with E-state index in [1.165, 1.54) is 12.1 Å². The van der Waals surface area contributed by atoms with Crippen molar-refractivity contribution >= 4 is 17.3 Å². The summed E-state index contributed by atoms with van der Waals surface area (Å²) in [5.74, 6) is -0.269. The maximum Gasteiger partial charge on any atom is 0.145 e. The molecule has 0 aliphatic carbocycles. The SMILES string of the molecule is CC(C)(C)OCC(O)CN(Cc1ccc(F)cc1)CC1CC(c2ccc(Cl)cc2)=NO1. The number of aliphatic hydroxyl groups is 1. The first-order chi connectivity index (χ1) is 14.7. The number of halogens is 2. The van der Waals surface area contributed by atoms with Crippen LogP contribution in [0.1, 0.15) is 38.3 Å². The van der Waals surface area contributed by atoms with Crippen LogP contribution in [0.4, 0.5) is 4.39 Å². The number of hydrogen-bond acceptors (Lipinski definition) is 5. The third kappa shape index (κ3) is 7.89. The maximum absolute atomic E-state index is 13.3. The molecule has 1 aliphatic heterocycles. The Bertz CT molecular complexity index is 866. The monoisotopic (exact) mass is 448 g/mol. The van der Waals surface area contributed by atoms with E-state index in [-0.39, 0.29) is 24.1 Å². The third-order valence-corrected chi connectivity index (χ3v) is 5.12. The molecule has 0 amide bonds. The second kappa shape index (κ2) is 10.6. The number of nitrogens with zero attached hydrogens (tertiary/aromatic N) is 2. The molecule has 0 radical (unpaired) electrons. The minimum atomic E-state index is -0.655. The van der Waals surface area contributed by atoms with E-state index in [1.807, 2.05) is 45.0 Å². The number of ether oxygens (including phenoxy) is 1. The number of rotatable bonds is 9. The van der Waals surface area contributed by atoms with Gasteiger partial charge in [-0.3, -0.25) is 4.90 Å². The van der Waals surface area contributed by atoms with Crippen molar-refractivity contribution in [3.63, 3.8) is 0 Å². The molecule has 0 aromatic heterocycles. The zero-order chi connectivity index (χ0) is 22.4. The summed E-state index contributed by atoms with van der Waals surface area (Å²) in [7, 11) is 0. The van der Waals surface area contributed by atoms with Gasteiger partial charge in [0.05, 0.1) is 24.0 Å². The number of oxime groups is 1. The van der Waals surface area contributed by atoms with Crippen LogP contribution < -0.4 is 0 Å². The Kier molecular flexibility index (Phi) is 8.06. The molecule has 7 heteroatoms. The van der Waals surface area contributed by atoms with Crippen molar-refractivity contribution < 1.29 is 19.1 Å². The molecule has 0 saturated heterocycles. The summed E-state index contributed by atoms with van der Waals surface area (Å²) in [4.78, 5) is 7.77. The molecule has 168 valence electrons. The van der Waals surface area contributed by atoms with Crippen LogP contribution in [-0.4, -0.2) is 53.2 Å². The van der Waals surface area contributed by atoms with Crippen molar-refractivity contribution in [2.75, 3.05) is 19.7 Å². The van der Waals surface area contributed by atoms with Gasteiger partial charge < -0.3 is 14.7 Å². The molecule has 1 aliphatic rings. The van der Waals surface area contributed by atoms with Crippen molar-refractivity contribution in [3.05, 3.63) is 70.5 Å². The summed E-state index contributed by atoms with van der Waals surface area (Å²) < 4.78 is 19.0. The Morgan fingerprint density at radius 2 is 1.87 bits per heavy atom. The number of benzene rings is 2. The van der Waals surface area contributed by atoms with Gasteiger partial charge in [-0.05, 0) is 56.2 Å². The molecule has 0 spiro atoms. The van der Waals surface area contributed by atoms with Crippen molar-refractivity contribution in [1.29, 1.82) is 0 Å². The van der Waals surface area contributed by atoms with Gasteiger partial charge in [-0.25, -0.2) is 4.39 Å². The van der Waals surface area contributed by atoms with Crippen molar-refractivity contribution in [1.82, 2.24) is 4.90 Å². The smallest absolute Gasteiger partial charge is 0.145 e. The van der Waals surface area contributed by atoms with Crippen LogP contribution in [0.25, 0.3) is 0 Å². The molecule has 1 heterocycles.